The number of allylic oxidation sites excluding steroid dienone is 2. The second-order valence-corrected chi connectivity index (χ2v) is 8.55. The molecule has 2 saturated heterocycles. The van der Waals surface area contributed by atoms with Gasteiger partial charge in [0.2, 0.25) is 11.8 Å². The maximum absolute atomic E-state index is 13.0. The van der Waals surface area contributed by atoms with Crippen molar-refractivity contribution < 1.29 is 14.4 Å². The van der Waals surface area contributed by atoms with E-state index in [-0.39, 0.29) is 53.6 Å². The zero-order chi connectivity index (χ0) is 18.6. The molecule has 3 fully saturated rings. The minimum absolute atomic E-state index is 0.105. The fraction of sp³-hybridized carbons (Fsp3) is 0.750. The SMILES string of the molecule is CC(NC(=O)N1C(C)CCCC1C)N1C(=O)C2C3C=CC(CC3)C2C1=O. The molecule has 6 heteroatoms. The molecule has 0 aromatic carbocycles. The fourth-order valence-electron chi connectivity index (χ4n) is 5.62. The van der Waals surface area contributed by atoms with Crippen molar-refractivity contribution in [3.8, 4) is 0 Å². The van der Waals surface area contributed by atoms with Gasteiger partial charge in [-0.25, -0.2) is 4.79 Å². The fourth-order valence-corrected chi connectivity index (χ4v) is 5.62. The molecule has 3 aliphatic carbocycles. The molecular formula is C20H29N3O3. The summed E-state index contributed by atoms with van der Waals surface area (Å²) in [6.45, 7) is 5.87. The van der Waals surface area contributed by atoms with E-state index in [1.165, 1.54) is 4.90 Å². The van der Waals surface area contributed by atoms with E-state index < -0.39 is 6.17 Å². The van der Waals surface area contributed by atoms with Gasteiger partial charge in [-0.1, -0.05) is 12.2 Å². The number of nitrogens with zero attached hydrogens (tertiary/aromatic N) is 2. The molecule has 0 aromatic heterocycles. The maximum Gasteiger partial charge on any atom is 0.319 e. The summed E-state index contributed by atoms with van der Waals surface area (Å²) in [5.41, 5.74) is 0. The molecule has 5 aliphatic rings. The van der Waals surface area contributed by atoms with Crippen molar-refractivity contribution >= 4 is 17.8 Å². The van der Waals surface area contributed by atoms with Crippen molar-refractivity contribution in [2.45, 2.75) is 71.1 Å². The van der Waals surface area contributed by atoms with Crippen LogP contribution in [-0.4, -0.2) is 45.9 Å². The molecule has 0 spiro atoms. The Kier molecular flexibility index (Phi) is 4.32. The monoisotopic (exact) mass is 359 g/mol. The first-order valence-corrected chi connectivity index (χ1v) is 10.0. The van der Waals surface area contributed by atoms with Crippen LogP contribution in [0.15, 0.2) is 12.2 Å². The molecular weight excluding hydrogens is 330 g/mol. The van der Waals surface area contributed by atoms with Crippen LogP contribution in [0, 0.1) is 23.7 Å². The number of hydrogen-bond donors (Lipinski definition) is 1. The molecule has 4 amide bonds. The predicted octanol–water partition coefficient (Wildman–Crippen LogP) is 2.50. The summed E-state index contributed by atoms with van der Waals surface area (Å²) in [6, 6.07) is 0.186. The smallest absolute Gasteiger partial charge is 0.319 e. The first kappa shape index (κ1) is 17.6. The normalized spacial score (nSPS) is 40.0. The molecule has 2 heterocycles. The highest BCUT2D eigenvalue weighted by molar-refractivity contribution is 6.06. The number of rotatable bonds is 2. The standard InChI is InChI=1S/C20H29N3O3/c1-11-5-4-6-12(2)22(11)20(26)21-13(3)23-18(24)16-14-7-8-15(10-9-14)17(16)19(23)25/h7-8,11-17H,4-6,9-10H2,1-3H3,(H,21,26). The van der Waals surface area contributed by atoms with Gasteiger partial charge in [0.15, 0.2) is 0 Å². The Bertz CT molecular complexity index is 619. The van der Waals surface area contributed by atoms with Crippen LogP contribution in [0.2, 0.25) is 0 Å². The zero-order valence-electron chi connectivity index (χ0n) is 15.9. The summed E-state index contributed by atoms with van der Waals surface area (Å²) in [7, 11) is 0. The summed E-state index contributed by atoms with van der Waals surface area (Å²) >= 11 is 0. The van der Waals surface area contributed by atoms with Crippen molar-refractivity contribution in [2.24, 2.45) is 23.7 Å². The van der Waals surface area contributed by atoms with Gasteiger partial charge in [-0.2, -0.15) is 0 Å². The van der Waals surface area contributed by atoms with Gasteiger partial charge in [0.1, 0.15) is 6.17 Å². The lowest BCUT2D eigenvalue weighted by Crippen LogP contribution is -2.57. The number of nitrogens with one attached hydrogen (secondary N) is 1. The topological polar surface area (TPSA) is 69.7 Å². The molecule has 1 N–H and O–H groups in total. The highest BCUT2D eigenvalue weighted by atomic mass is 16.2. The van der Waals surface area contributed by atoms with Gasteiger partial charge in [0.05, 0.1) is 11.8 Å². The number of urea groups is 1. The van der Waals surface area contributed by atoms with E-state index in [4.69, 9.17) is 0 Å². The molecule has 6 nitrogen and oxygen atoms in total. The molecule has 26 heavy (non-hydrogen) atoms. The zero-order valence-corrected chi connectivity index (χ0v) is 15.9. The highest BCUT2D eigenvalue weighted by Gasteiger charge is 2.57. The number of fused-ring (bicyclic) bond motifs is 1. The van der Waals surface area contributed by atoms with Crippen molar-refractivity contribution in [3.63, 3.8) is 0 Å². The van der Waals surface area contributed by atoms with Gasteiger partial charge in [-0.15, -0.1) is 0 Å². The molecule has 0 radical (unpaired) electrons. The number of imide groups is 1. The second kappa shape index (κ2) is 6.39. The highest BCUT2D eigenvalue weighted by Crippen LogP contribution is 2.49. The minimum atomic E-state index is -0.603. The first-order valence-electron chi connectivity index (χ1n) is 10.0. The lowest BCUT2D eigenvalue weighted by Gasteiger charge is -2.40. The Labute approximate surface area is 155 Å². The maximum atomic E-state index is 13.0. The molecule has 2 bridgehead atoms. The van der Waals surface area contributed by atoms with E-state index in [1.807, 2.05) is 4.90 Å². The summed E-state index contributed by atoms with van der Waals surface area (Å²) in [5, 5.41) is 2.92. The predicted molar refractivity (Wildman–Crippen MR) is 96.8 cm³/mol. The third-order valence-corrected chi connectivity index (χ3v) is 6.94. The summed E-state index contributed by atoms with van der Waals surface area (Å²) < 4.78 is 0. The van der Waals surface area contributed by atoms with E-state index in [0.29, 0.717) is 0 Å². The van der Waals surface area contributed by atoms with E-state index in [2.05, 4.69) is 31.3 Å². The van der Waals surface area contributed by atoms with Crippen molar-refractivity contribution in [2.75, 3.05) is 0 Å². The van der Waals surface area contributed by atoms with Gasteiger partial charge in [-0.3, -0.25) is 14.5 Å². The van der Waals surface area contributed by atoms with E-state index >= 15 is 0 Å². The quantitative estimate of drug-likeness (QED) is 0.608. The Balaban J connectivity index is 1.48. The molecule has 1 saturated carbocycles. The van der Waals surface area contributed by atoms with Crippen molar-refractivity contribution in [1.29, 1.82) is 0 Å². The third kappa shape index (κ3) is 2.57. The Hall–Kier alpha value is -1.85. The average molecular weight is 359 g/mol. The van der Waals surface area contributed by atoms with Gasteiger partial charge < -0.3 is 10.2 Å². The Morgan fingerprint density at radius 1 is 1.00 bits per heavy atom. The Morgan fingerprint density at radius 3 is 1.96 bits per heavy atom. The van der Waals surface area contributed by atoms with Crippen LogP contribution in [-0.2, 0) is 9.59 Å². The molecule has 7 atom stereocenters. The third-order valence-electron chi connectivity index (χ3n) is 6.94. The molecule has 7 unspecified atom stereocenters. The second-order valence-electron chi connectivity index (χ2n) is 8.55. The van der Waals surface area contributed by atoms with Crippen molar-refractivity contribution in [3.05, 3.63) is 12.2 Å². The molecule has 2 aliphatic heterocycles. The van der Waals surface area contributed by atoms with Crippen LogP contribution in [0.3, 0.4) is 0 Å². The summed E-state index contributed by atoms with van der Waals surface area (Å²) in [6.07, 6.45) is 8.71. The summed E-state index contributed by atoms with van der Waals surface area (Å²) in [5.74, 6) is -0.303. The van der Waals surface area contributed by atoms with E-state index in [1.54, 1.807) is 6.92 Å². The lowest BCUT2D eigenvalue weighted by molar-refractivity contribution is -0.142. The lowest BCUT2D eigenvalue weighted by atomic mass is 9.63. The van der Waals surface area contributed by atoms with Crippen LogP contribution < -0.4 is 5.32 Å². The summed E-state index contributed by atoms with van der Waals surface area (Å²) in [4.78, 5) is 41.9. The number of hydrogen-bond acceptors (Lipinski definition) is 3. The first-order chi connectivity index (χ1) is 12.4. The van der Waals surface area contributed by atoms with Gasteiger partial charge in [-0.05, 0) is 64.7 Å². The van der Waals surface area contributed by atoms with Crippen LogP contribution in [0.1, 0.15) is 52.9 Å². The van der Waals surface area contributed by atoms with Crippen LogP contribution in [0.5, 0.6) is 0 Å². The number of piperidine rings is 1. The van der Waals surface area contributed by atoms with Crippen LogP contribution >= 0.6 is 0 Å². The Morgan fingerprint density at radius 2 is 1.50 bits per heavy atom. The number of likely N-dealkylation sites (tertiary alicyclic amines) is 2. The largest absolute Gasteiger partial charge is 0.319 e. The van der Waals surface area contributed by atoms with Gasteiger partial charge >= 0.3 is 6.03 Å². The van der Waals surface area contributed by atoms with Crippen molar-refractivity contribution in [1.82, 2.24) is 15.1 Å². The van der Waals surface area contributed by atoms with Crippen LogP contribution in [0.25, 0.3) is 0 Å². The van der Waals surface area contributed by atoms with E-state index in [0.717, 1.165) is 32.1 Å². The molecule has 0 aromatic rings. The number of carbonyl (C=O) groups is 3. The van der Waals surface area contributed by atoms with Gasteiger partial charge in [0.25, 0.3) is 0 Å². The molecule has 142 valence electrons. The number of carbonyl (C=O) groups excluding carboxylic acids is 3. The number of amides is 4. The van der Waals surface area contributed by atoms with E-state index in [9.17, 15) is 14.4 Å². The van der Waals surface area contributed by atoms with Crippen LogP contribution in [0.4, 0.5) is 4.79 Å². The molecule has 5 rings (SSSR count). The van der Waals surface area contributed by atoms with Gasteiger partial charge in [0, 0.05) is 12.1 Å². The minimum Gasteiger partial charge on any atom is -0.319 e. The average Bonchev–Trinajstić information content (AvgIpc) is 2.89.